The molecule has 3 N–H and O–H groups in total. The molecule has 0 bridgehead atoms. The largest absolute Gasteiger partial charge is 0.504 e. The van der Waals surface area contributed by atoms with E-state index in [2.05, 4.69) is 10.1 Å². The van der Waals surface area contributed by atoms with Gasteiger partial charge in [-0.1, -0.05) is 30.3 Å². The van der Waals surface area contributed by atoms with Crippen LogP contribution in [0.1, 0.15) is 5.56 Å². The number of phenolic OH excluding ortho intramolecular Hbond substituents is 3. The third kappa shape index (κ3) is 4.11. The molecule has 0 fully saturated rings. The molecule has 0 spiro atoms. The van der Waals surface area contributed by atoms with Crippen LogP contribution in [-0.4, -0.2) is 31.1 Å². The highest BCUT2D eigenvalue weighted by atomic mass is 32.1. The lowest BCUT2D eigenvalue weighted by atomic mass is 10.2. The van der Waals surface area contributed by atoms with Crippen LogP contribution in [0.3, 0.4) is 0 Å². The van der Waals surface area contributed by atoms with Gasteiger partial charge in [-0.2, -0.15) is 5.10 Å². The van der Waals surface area contributed by atoms with Crippen molar-refractivity contribution in [2.24, 2.45) is 10.1 Å². The molecule has 2 aromatic heterocycles. The average molecular weight is 488 g/mol. The predicted octanol–water partition coefficient (Wildman–Crippen LogP) is 5.10. The quantitative estimate of drug-likeness (QED) is 0.136. The van der Waals surface area contributed by atoms with Crippen molar-refractivity contribution in [2.45, 2.75) is 0 Å². The van der Waals surface area contributed by atoms with E-state index >= 15 is 0 Å². The maximum atomic E-state index is 11.5. The van der Waals surface area contributed by atoms with Crippen LogP contribution in [0, 0.1) is 10.1 Å². The minimum absolute atomic E-state index is 0.131. The molecule has 11 heteroatoms. The highest BCUT2D eigenvalue weighted by Gasteiger charge is 2.16. The van der Waals surface area contributed by atoms with E-state index in [1.165, 1.54) is 46.5 Å². The summed E-state index contributed by atoms with van der Waals surface area (Å²) in [6, 6.07) is 18.0. The summed E-state index contributed by atoms with van der Waals surface area (Å²) < 4.78 is 7.39. The highest BCUT2D eigenvalue weighted by molar-refractivity contribution is 7.07. The van der Waals surface area contributed by atoms with Crippen molar-refractivity contribution < 1.29 is 24.7 Å². The molecule has 0 aliphatic carbocycles. The van der Waals surface area contributed by atoms with Gasteiger partial charge in [0.1, 0.15) is 17.0 Å². The van der Waals surface area contributed by atoms with E-state index in [1.54, 1.807) is 17.5 Å². The minimum atomic E-state index is -0.674. The van der Waals surface area contributed by atoms with Crippen molar-refractivity contribution in [2.75, 3.05) is 0 Å². The molecule has 35 heavy (non-hydrogen) atoms. The van der Waals surface area contributed by atoms with E-state index in [-0.39, 0.29) is 16.9 Å². The highest BCUT2D eigenvalue weighted by Crippen LogP contribution is 2.36. The Bertz CT molecular complexity index is 1650. The van der Waals surface area contributed by atoms with Crippen molar-refractivity contribution in [1.29, 1.82) is 0 Å². The molecule has 0 amide bonds. The lowest BCUT2D eigenvalue weighted by Crippen LogP contribution is -2.11. The van der Waals surface area contributed by atoms with Gasteiger partial charge < -0.3 is 19.7 Å². The molecule has 3 aromatic carbocycles. The van der Waals surface area contributed by atoms with Gasteiger partial charge in [0.2, 0.25) is 10.6 Å². The molecular weight excluding hydrogens is 472 g/mol. The minimum Gasteiger partial charge on any atom is -0.504 e. The average Bonchev–Trinajstić information content (AvgIpc) is 3.46. The first-order valence-corrected chi connectivity index (χ1v) is 11.1. The summed E-state index contributed by atoms with van der Waals surface area (Å²) in [4.78, 5) is 15.7. The lowest BCUT2D eigenvalue weighted by Gasteiger charge is -2.04. The first-order valence-electron chi connectivity index (χ1n) is 10.2. The summed E-state index contributed by atoms with van der Waals surface area (Å²) >= 11 is 1.19. The van der Waals surface area contributed by atoms with Crippen LogP contribution < -0.4 is 4.80 Å². The molecule has 10 nitrogen and oxygen atoms in total. The van der Waals surface area contributed by atoms with Crippen molar-refractivity contribution in [3.63, 3.8) is 0 Å². The molecule has 2 heterocycles. The number of nitro groups is 1. The summed E-state index contributed by atoms with van der Waals surface area (Å²) in [6.07, 6.45) is 1.27. The Hall–Kier alpha value is -4.90. The van der Waals surface area contributed by atoms with E-state index in [0.717, 1.165) is 5.39 Å². The van der Waals surface area contributed by atoms with Crippen LogP contribution in [0.25, 0.3) is 22.4 Å². The first kappa shape index (κ1) is 21.9. The molecule has 5 aromatic rings. The number of hydrogen-bond donors (Lipinski definition) is 3. The molecular formula is C24H16N4O6S. The second kappa shape index (κ2) is 8.80. The Morgan fingerprint density at radius 2 is 1.77 bits per heavy atom. The third-order valence-electron chi connectivity index (χ3n) is 5.13. The number of para-hydroxylation sites is 3. The Morgan fingerprint density at radius 3 is 2.57 bits per heavy atom. The van der Waals surface area contributed by atoms with Crippen molar-refractivity contribution >= 4 is 39.9 Å². The number of nitrogens with zero attached hydrogens (tertiary/aromatic N) is 4. The van der Waals surface area contributed by atoms with E-state index in [0.29, 0.717) is 21.8 Å². The maximum Gasteiger partial charge on any atom is 0.294 e. The third-order valence-corrected chi connectivity index (χ3v) is 5.95. The Balaban J connectivity index is 1.70. The number of furan rings is 1. The van der Waals surface area contributed by atoms with Crippen LogP contribution in [0.15, 0.2) is 86.6 Å². The number of thiazole rings is 1. The number of benzene rings is 3. The SMILES string of the molecule is O=[N+]([O-])c1ccccc1N=c1scc(-c2cc3ccccc3o2)n1N=Cc1ccc(O)c(O)c1O. The topological polar surface area (TPSA) is 147 Å². The smallest absolute Gasteiger partial charge is 0.294 e. The fourth-order valence-corrected chi connectivity index (χ4v) is 4.22. The van der Waals surface area contributed by atoms with E-state index in [4.69, 9.17) is 4.42 Å². The number of aromatic nitrogens is 1. The lowest BCUT2D eigenvalue weighted by molar-refractivity contribution is -0.384. The summed E-state index contributed by atoms with van der Waals surface area (Å²) in [5.41, 5.74) is 1.29. The van der Waals surface area contributed by atoms with Crippen LogP contribution >= 0.6 is 11.3 Å². The van der Waals surface area contributed by atoms with Crippen LogP contribution in [0.2, 0.25) is 0 Å². The number of hydrogen-bond acceptors (Lipinski definition) is 9. The Labute approximate surface area is 200 Å². The molecule has 5 rings (SSSR count). The summed E-state index contributed by atoms with van der Waals surface area (Å²) in [5.74, 6) is -1.21. The van der Waals surface area contributed by atoms with E-state index in [9.17, 15) is 25.4 Å². The summed E-state index contributed by atoms with van der Waals surface area (Å²) in [5, 5.41) is 48.1. The molecule has 0 unspecified atom stereocenters. The second-order valence-corrected chi connectivity index (χ2v) is 8.17. The molecule has 0 aliphatic heterocycles. The van der Waals surface area contributed by atoms with Gasteiger partial charge in [-0.05, 0) is 30.3 Å². The fraction of sp³-hybridized carbons (Fsp3) is 0. The van der Waals surface area contributed by atoms with Gasteiger partial charge in [0.05, 0.1) is 11.1 Å². The standard InChI is InChI=1S/C24H16N4O6S/c29-19-10-9-15(22(30)23(19)31)12-25-27-18(21-11-14-5-1-4-8-20(14)34-21)13-35-24(27)26-16-6-2-3-7-17(16)28(32)33/h1-13,29-31H. The maximum absolute atomic E-state index is 11.5. The predicted molar refractivity (Wildman–Crippen MR) is 130 cm³/mol. The molecule has 174 valence electrons. The van der Waals surface area contributed by atoms with Crippen molar-refractivity contribution in [1.82, 2.24) is 4.68 Å². The van der Waals surface area contributed by atoms with Crippen molar-refractivity contribution in [3.8, 4) is 28.7 Å². The van der Waals surface area contributed by atoms with E-state index in [1.807, 2.05) is 30.3 Å². The number of aromatic hydroxyl groups is 3. The number of rotatable bonds is 5. The molecule has 0 saturated carbocycles. The number of phenols is 3. The van der Waals surface area contributed by atoms with Gasteiger partial charge in [0.15, 0.2) is 17.3 Å². The monoisotopic (exact) mass is 488 g/mol. The van der Waals surface area contributed by atoms with Gasteiger partial charge in [-0.3, -0.25) is 10.1 Å². The summed E-state index contributed by atoms with van der Waals surface area (Å²) in [6.45, 7) is 0. The zero-order chi connectivity index (χ0) is 24.5. The van der Waals surface area contributed by atoms with Gasteiger partial charge in [-0.25, -0.2) is 9.67 Å². The van der Waals surface area contributed by atoms with Gasteiger partial charge in [-0.15, -0.1) is 11.3 Å². The first-order chi connectivity index (χ1) is 16.9. The second-order valence-electron chi connectivity index (χ2n) is 7.34. The molecule has 0 aliphatic rings. The molecule has 0 radical (unpaired) electrons. The number of fused-ring (bicyclic) bond motifs is 1. The zero-order valence-electron chi connectivity index (χ0n) is 17.8. The van der Waals surface area contributed by atoms with Gasteiger partial charge >= 0.3 is 0 Å². The van der Waals surface area contributed by atoms with Crippen molar-refractivity contribution in [3.05, 3.63) is 92.6 Å². The van der Waals surface area contributed by atoms with Crippen LogP contribution in [0.4, 0.5) is 11.4 Å². The zero-order valence-corrected chi connectivity index (χ0v) is 18.6. The Kier molecular flexibility index (Phi) is 5.51. The number of nitro benzene ring substituents is 1. The Morgan fingerprint density at radius 1 is 1.00 bits per heavy atom. The fourth-order valence-electron chi connectivity index (χ4n) is 3.39. The normalized spacial score (nSPS) is 12.1. The van der Waals surface area contributed by atoms with Gasteiger partial charge in [0.25, 0.3) is 5.69 Å². The van der Waals surface area contributed by atoms with Crippen LogP contribution in [-0.2, 0) is 0 Å². The van der Waals surface area contributed by atoms with Crippen LogP contribution in [0.5, 0.6) is 17.2 Å². The van der Waals surface area contributed by atoms with E-state index < -0.39 is 22.2 Å². The van der Waals surface area contributed by atoms with Gasteiger partial charge in [0, 0.05) is 22.4 Å². The molecule has 0 atom stereocenters. The molecule has 0 saturated heterocycles. The summed E-state index contributed by atoms with van der Waals surface area (Å²) in [7, 11) is 0.